The fourth-order valence-corrected chi connectivity index (χ4v) is 2.58. The highest BCUT2D eigenvalue weighted by atomic mass is 16.1. The summed E-state index contributed by atoms with van der Waals surface area (Å²) in [6, 6.07) is 10.7. The molecule has 0 saturated carbocycles. The molecule has 0 aliphatic carbocycles. The van der Waals surface area contributed by atoms with Crippen LogP contribution in [0, 0.1) is 0 Å². The molecular formula is C15H18N4O. The van der Waals surface area contributed by atoms with Crippen LogP contribution in [0.4, 0.5) is 5.82 Å². The quantitative estimate of drug-likeness (QED) is 0.883. The molecule has 104 valence electrons. The fraction of sp³-hybridized carbons (Fsp3) is 0.333. The standard InChI is InChI=1S/C15H18N4O/c20-15-14(16-7-8-17-15)18-13-6-9-19(11-13)10-12-4-2-1-3-5-12/h1-5,7-8,13H,6,9-11H2,(H,16,18)(H,17,20). The molecule has 0 bridgehead atoms. The zero-order valence-electron chi connectivity index (χ0n) is 11.2. The lowest BCUT2D eigenvalue weighted by atomic mass is 10.2. The van der Waals surface area contributed by atoms with Crippen molar-refractivity contribution in [2.75, 3.05) is 18.4 Å². The van der Waals surface area contributed by atoms with Crippen molar-refractivity contribution in [3.05, 3.63) is 58.6 Å². The SMILES string of the molecule is O=c1[nH]ccnc1NC1CCN(Cc2ccccc2)C1. The number of hydrogen-bond acceptors (Lipinski definition) is 4. The summed E-state index contributed by atoms with van der Waals surface area (Å²) < 4.78 is 0. The minimum atomic E-state index is -0.158. The molecule has 0 spiro atoms. The Labute approximate surface area is 117 Å². The molecule has 2 N–H and O–H groups in total. The first-order valence-electron chi connectivity index (χ1n) is 6.88. The molecule has 2 heterocycles. The van der Waals surface area contributed by atoms with Crippen molar-refractivity contribution in [3.8, 4) is 0 Å². The second-order valence-corrected chi connectivity index (χ2v) is 5.12. The maximum absolute atomic E-state index is 11.6. The average Bonchev–Trinajstić information content (AvgIpc) is 2.90. The Kier molecular flexibility index (Phi) is 3.78. The molecule has 1 fully saturated rings. The number of aromatic amines is 1. The van der Waals surface area contributed by atoms with Gasteiger partial charge in [-0.2, -0.15) is 0 Å². The van der Waals surface area contributed by atoms with Crippen molar-refractivity contribution in [3.63, 3.8) is 0 Å². The van der Waals surface area contributed by atoms with Crippen molar-refractivity contribution in [1.82, 2.24) is 14.9 Å². The highest BCUT2D eigenvalue weighted by Crippen LogP contribution is 2.15. The van der Waals surface area contributed by atoms with E-state index in [-0.39, 0.29) is 11.6 Å². The number of rotatable bonds is 4. The Balaban J connectivity index is 1.57. The largest absolute Gasteiger partial charge is 0.361 e. The van der Waals surface area contributed by atoms with Crippen LogP contribution in [-0.4, -0.2) is 34.0 Å². The Hall–Kier alpha value is -2.14. The van der Waals surface area contributed by atoms with E-state index in [9.17, 15) is 4.79 Å². The first-order valence-corrected chi connectivity index (χ1v) is 6.88. The Morgan fingerprint density at radius 2 is 2.20 bits per heavy atom. The predicted octanol–water partition coefficient (Wildman–Crippen LogP) is 1.46. The van der Waals surface area contributed by atoms with E-state index in [1.807, 2.05) is 6.07 Å². The molecule has 1 aromatic heterocycles. The van der Waals surface area contributed by atoms with Crippen LogP contribution in [0.25, 0.3) is 0 Å². The second-order valence-electron chi connectivity index (χ2n) is 5.12. The van der Waals surface area contributed by atoms with Crippen LogP contribution in [0.15, 0.2) is 47.5 Å². The fourth-order valence-electron chi connectivity index (χ4n) is 2.58. The third kappa shape index (κ3) is 3.05. The van der Waals surface area contributed by atoms with E-state index in [1.165, 1.54) is 5.56 Å². The number of anilines is 1. The maximum atomic E-state index is 11.6. The van der Waals surface area contributed by atoms with Crippen LogP contribution in [0.1, 0.15) is 12.0 Å². The first-order chi connectivity index (χ1) is 9.81. The van der Waals surface area contributed by atoms with Crippen LogP contribution in [0.2, 0.25) is 0 Å². The first kappa shape index (κ1) is 12.9. The molecule has 3 rings (SSSR count). The van der Waals surface area contributed by atoms with Gasteiger partial charge in [0.1, 0.15) is 0 Å². The molecule has 1 atom stereocenters. The van der Waals surface area contributed by atoms with Crippen molar-refractivity contribution in [2.45, 2.75) is 19.0 Å². The van der Waals surface area contributed by atoms with Gasteiger partial charge in [-0.05, 0) is 12.0 Å². The number of nitrogens with one attached hydrogen (secondary N) is 2. The van der Waals surface area contributed by atoms with E-state index in [0.717, 1.165) is 26.1 Å². The van der Waals surface area contributed by atoms with Gasteiger partial charge in [-0.15, -0.1) is 0 Å². The average molecular weight is 270 g/mol. The second kappa shape index (κ2) is 5.88. The van der Waals surface area contributed by atoms with Crippen LogP contribution >= 0.6 is 0 Å². The van der Waals surface area contributed by atoms with E-state index in [2.05, 4.69) is 44.5 Å². The molecular weight excluding hydrogens is 252 g/mol. The van der Waals surface area contributed by atoms with Gasteiger partial charge in [0.15, 0.2) is 5.82 Å². The van der Waals surface area contributed by atoms with E-state index in [4.69, 9.17) is 0 Å². The molecule has 1 aliphatic rings. The summed E-state index contributed by atoms with van der Waals surface area (Å²) in [7, 11) is 0. The normalized spacial score (nSPS) is 19.1. The molecule has 0 radical (unpaired) electrons. The van der Waals surface area contributed by atoms with Crippen molar-refractivity contribution in [1.29, 1.82) is 0 Å². The highest BCUT2D eigenvalue weighted by molar-refractivity contribution is 5.32. The molecule has 2 aromatic rings. The molecule has 5 nitrogen and oxygen atoms in total. The minimum Gasteiger partial charge on any atom is -0.361 e. The smallest absolute Gasteiger partial charge is 0.290 e. The molecule has 1 aliphatic heterocycles. The summed E-state index contributed by atoms with van der Waals surface area (Å²) in [5, 5.41) is 3.23. The third-order valence-corrected chi connectivity index (χ3v) is 3.57. The molecule has 20 heavy (non-hydrogen) atoms. The van der Waals surface area contributed by atoms with Gasteiger partial charge in [-0.1, -0.05) is 30.3 Å². The topological polar surface area (TPSA) is 61.0 Å². The van der Waals surface area contributed by atoms with Gasteiger partial charge < -0.3 is 10.3 Å². The van der Waals surface area contributed by atoms with Gasteiger partial charge in [0.05, 0.1) is 0 Å². The summed E-state index contributed by atoms with van der Waals surface area (Å²) in [4.78, 5) is 20.7. The lowest BCUT2D eigenvalue weighted by Crippen LogP contribution is -2.29. The summed E-state index contributed by atoms with van der Waals surface area (Å²) in [5.41, 5.74) is 1.16. The van der Waals surface area contributed by atoms with Gasteiger partial charge in [-0.3, -0.25) is 9.69 Å². The highest BCUT2D eigenvalue weighted by Gasteiger charge is 2.23. The van der Waals surface area contributed by atoms with Gasteiger partial charge in [-0.25, -0.2) is 4.98 Å². The molecule has 5 heteroatoms. The predicted molar refractivity (Wildman–Crippen MR) is 78.6 cm³/mol. The van der Waals surface area contributed by atoms with E-state index >= 15 is 0 Å². The van der Waals surface area contributed by atoms with E-state index in [0.29, 0.717) is 5.82 Å². The van der Waals surface area contributed by atoms with Crippen LogP contribution in [0.3, 0.4) is 0 Å². The van der Waals surface area contributed by atoms with Crippen molar-refractivity contribution >= 4 is 5.82 Å². The Morgan fingerprint density at radius 3 is 3.00 bits per heavy atom. The van der Waals surface area contributed by atoms with Crippen LogP contribution in [0.5, 0.6) is 0 Å². The summed E-state index contributed by atoms with van der Waals surface area (Å²) >= 11 is 0. The number of hydrogen-bond donors (Lipinski definition) is 2. The Morgan fingerprint density at radius 1 is 1.35 bits per heavy atom. The van der Waals surface area contributed by atoms with Gasteiger partial charge >= 0.3 is 0 Å². The van der Waals surface area contributed by atoms with E-state index < -0.39 is 0 Å². The third-order valence-electron chi connectivity index (χ3n) is 3.57. The summed E-state index contributed by atoms with van der Waals surface area (Å²) in [6.07, 6.45) is 4.17. The molecule has 1 saturated heterocycles. The number of aromatic nitrogens is 2. The number of benzene rings is 1. The lowest BCUT2D eigenvalue weighted by Gasteiger charge is -2.16. The van der Waals surface area contributed by atoms with Gasteiger partial charge in [0.2, 0.25) is 0 Å². The summed E-state index contributed by atoms with van der Waals surface area (Å²) in [6.45, 7) is 2.93. The molecule has 1 aromatic carbocycles. The number of nitrogens with zero attached hydrogens (tertiary/aromatic N) is 2. The minimum absolute atomic E-state index is 0.158. The van der Waals surface area contributed by atoms with Crippen molar-refractivity contribution in [2.24, 2.45) is 0 Å². The lowest BCUT2D eigenvalue weighted by molar-refractivity contribution is 0.328. The monoisotopic (exact) mass is 270 g/mol. The van der Waals surface area contributed by atoms with Crippen LogP contribution < -0.4 is 10.9 Å². The number of likely N-dealkylation sites (tertiary alicyclic amines) is 1. The molecule has 1 unspecified atom stereocenters. The molecule has 0 amide bonds. The van der Waals surface area contributed by atoms with Gasteiger partial charge in [0.25, 0.3) is 5.56 Å². The zero-order valence-corrected chi connectivity index (χ0v) is 11.2. The van der Waals surface area contributed by atoms with Crippen molar-refractivity contribution < 1.29 is 0 Å². The summed E-state index contributed by atoms with van der Waals surface area (Å²) in [5.74, 6) is 0.416. The van der Waals surface area contributed by atoms with E-state index in [1.54, 1.807) is 12.4 Å². The maximum Gasteiger partial charge on any atom is 0.290 e. The zero-order chi connectivity index (χ0) is 13.8. The van der Waals surface area contributed by atoms with Gasteiger partial charge in [0, 0.05) is 38.1 Å². The Bertz CT molecular complexity index is 611. The number of H-pyrrole nitrogens is 1. The van der Waals surface area contributed by atoms with Crippen LogP contribution in [-0.2, 0) is 6.54 Å².